The highest BCUT2D eigenvalue weighted by atomic mass is 16.1. The first kappa shape index (κ1) is 14.3. The number of carbonyl (C=O) groups is 2. The third kappa shape index (κ3) is 5.64. The number of nitrogens with two attached hydrogens (primary N) is 2. The van der Waals surface area contributed by atoms with Crippen molar-refractivity contribution in [3.05, 3.63) is 0 Å². The Kier molecular flexibility index (Phi) is 7.17. The van der Waals surface area contributed by atoms with Crippen molar-refractivity contribution in [1.29, 1.82) is 0 Å². The van der Waals surface area contributed by atoms with Crippen LogP contribution in [0.15, 0.2) is 0 Å². The van der Waals surface area contributed by atoms with E-state index >= 15 is 0 Å². The average Bonchev–Trinajstić information content (AvgIpc) is 2.24. The molecule has 4 heteroatoms. The Hall–Kier alpha value is -0.740. The molecule has 4 nitrogen and oxygen atoms in total. The molecule has 0 aromatic heterocycles. The third-order valence-electron chi connectivity index (χ3n) is 2.72. The monoisotopic (exact) mass is 214 g/mol. The molecule has 0 aliphatic carbocycles. The molecule has 0 aliphatic rings. The van der Waals surface area contributed by atoms with E-state index in [1.807, 2.05) is 13.8 Å². The molecule has 0 fully saturated rings. The Morgan fingerprint density at radius 3 is 1.87 bits per heavy atom. The second-order valence-corrected chi connectivity index (χ2v) is 4.05. The molecular formula is C11H22N2O2. The number of carbonyl (C=O) groups excluding carboxylic acids is 2. The summed E-state index contributed by atoms with van der Waals surface area (Å²) < 4.78 is 0. The van der Waals surface area contributed by atoms with Crippen molar-refractivity contribution >= 4 is 11.6 Å². The molecule has 0 spiro atoms. The molecular weight excluding hydrogens is 192 g/mol. The fraction of sp³-hybridized carbons (Fsp3) is 0.818. The van der Waals surface area contributed by atoms with Gasteiger partial charge in [0.15, 0.2) is 0 Å². The molecule has 0 heterocycles. The first-order valence-corrected chi connectivity index (χ1v) is 5.48. The third-order valence-corrected chi connectivity index (χ3v) is 2.72. The predicted octanol–water partition coefficient (Wildman–Crippen LogP) is 0.485. The summed E-state index contributed by atoms with van der Waals surface area (Å²) in [5.41, 5.74) is 10.6. The Morgan fingerprint density at radius 2 is 1.47 bits per heavy atom. The van der Waals surface area contributed by atoms with Gasteiger partial charge in [-0.3, -0.25) is 9.59 Å². The SMILES string of the molecule is CC(CCC(C)C(=O)CCN)C(=O)CN. The van der Waals surface area contributed by atoms with Gasteiger partial charge in [0.05, 0.1) is 6.54 Å². The Morgan fingerprint density at radius 1 is 1.00 bits per heavy atom. The van der Waals surface area contributed by atoms with E-state index in [2.05, 4.69) is 0 Å². The molecule has 2 unspecified atom stereocenters. The average molecular weight is 214 g/mol. The maximum Gasteiger partial charge on any atom is 0.149 e. The van der Waals surface area contributed by atoms with Crippen LogP contribution in [0.5, 0.6) is 0 Å². The van der Waals surface area contributed by atoms with E-state index in [-0.39, 0.29) is 29.9 Å². The molecule has 0 bridgehead atoms. The molecule has 88 valence electrons. The van der Waals surface area contributed by atoms with E-state index in [0.29, 0.717) is 13.0 Å². The molecule has 0 saturated carbocycles. The van der Waals surface area contributed by atoms with Gasteiger partial charge in [-0.05, 0) is 19.4 Å². The standard InChI is InChI=1S/C11H22N2O2/c1-8(10(14)5-6-12)3-4-9(2)11(15)7-13/h8-9H,3-7,12-13H2,1-2H3. The van der Waals surface area contributed by atoms with Gasteiger partial charge in [0.1, 0.15) is 11.6 Å². The van der Waals surface area contributed by atoms with Crippen molar-refractivity contribution in [3.63, 3.8) is 0 Å². The zero-order valence-corrected chi connectivity index (χ0v) is 9.66. The maximum absolute atomic E-state index is 11.4. The lowest BCUT2D eigenvalue weighted by Crippen LogP contribution is -2.22. The molecule has 0 aromatic carbocycles. The summed E-state index contributed by atoms with van der Waals surface area (Å²) in [5, 5.41) is 0. The number of hydrogen-bond acceptors (Lipinski definition) is 4. The van der Waals surface area contributed by atoms with Crippen LogP contribution in [0.4, 0.5) is 0 Å². The van der Waals surface area contributed by atoms with Crippen molar-refractivity contribution in [3.8, 4) is 0 Å². The van der Waals surface area contributed by atoms with Crippen LogP contribution >= 0.6 is 0 Å². The van der Waals surface area contributed by atoms with E-state index < -0.39 is 0 Å². The number of ketones is 2. The minimum atomic E-state index is -0.0388. The highest BCUT2D eigenvalue weighted by Gasteiger charge is 2.16. The summed E-state index contributed by atoms with van der Waals surface area (Å²) in [6, 6.07) is 0. The Bertz CT molecular complexity index is 217. The van der Waals surface area contributed by atoms with E-state index in [1.54, 1.807) is 0 Å². The van der Waals surface area contributed by atoms with E-state index in [1.165, 1.54) is 0 Å². The van der Waals surface area contributed by atoms with Gasteiger partial charge in [0.25, 0.3) is 0 Å². The summed E-state index contributed by atoms with van der Waals surface area (Å²) >= 11 is 0. The van der Waals surface area contributed by atoms with Crippen molar-refractivity contribution in [2.24, 2.45) is 23.3 Å². The van der Waals surface area contributed by atoms with Crippen molar-refractivity contribution < 1.29 is 9.59 Å². The molecule has 0 radical (unpaired) electrons. The highest BCUT2D eigenvalue weighted by Crippen LogP contribution is 2.14. The minimum Gasteiger partial charge on any atom is -0.330 e. The summed E-state index contributed by atoms with van der Waals surface area (Å²) in [5.74, 6) is 0.211. The lowest BCUT2D eigenvalue weighted by molar-refractivity contribution is -0.124. The molecule has 0 saturated heterocycles. The second-order valence-electron chi connectivity index (χ2n) is 4.05. The first-order valence-electron chi connectivity index (χ1n) is 5.48. The maximum atomic E-state index is 11.4. The smallest absolute Gasteiger partial charge is 0.149 e. The largest absolute Gasteiger partial charge is 0.330 e. The summed E-state index contributed by atoms with van der Waals surface area (Å²) in [7, 11) is 0. The number of Topliss-reactive ketones (excluding diaryl/α,β-unsaturated/α-hetero) is 2. The lowest BCUT2D eigenvalue weighted by atomic mass is 9.92. The lowest BCUT2D eigenvalue weighted by Gasteiger charge is -2.13. The fourth-order valence-electron chi connectivity index (χ4n) is 1.41. The normalized spacial score (nSPS) is 14.7. The Labute approximate surface area is 91.4 Å². The van der Waals surface area contributed by atoms with Gasteiger partial charge < -0.3 is 11.5 Å². The van der Waals surface area contributed by atoms with Gasteiger partial charge in [-0.2, -0.15) is 0 Å². The molecule has 0 rings (SSSR count). The number of rotatable bonds is 8. The van der Waals surface area contributed by atoms with E-state index in [4.69, 9.17) is 11.5 Å². The van der Waals surface area contributed by atoms with Crippen LogP contribution in [0.2, 0.25) is 0 Å². The first-order chi connectivity index (χ1) is 7.02. The minimum absolute atomic E-state index is 0.00146. The molecule has 0 aliphatic heterocycles. The van der Waals surface area contributed by atoms with Crippen LogP contribution in [-0.2, 0) is 9.59 Å². The van der Waals surface area contributed by atoms with Gasteiger partial charge in [-0.15, -0.1) is 0 Å². The van der Waals surface area contributed by atoms with Crippen LogP contribution in [-0.4, -0.2) is 24.7 Å². The second kappa shape index (κ2) is 7.54. The van der Waals surface area contributed by atoms with Gasteiger partial charge in [0, 0.05) is 18.3 Å². The van der Waals surface area contributed by atoms with Crippen LogP contribution < -0.4 is 11.5 Å². The van der Waals surface area contributed by atoms with Crippen LogP contribution in [0.1, 0.15) is 33.1 Å². The summed E-state index contributed by atoms with van der Waals surface area (Å²) in [6.07, 6.45) is 1.90. The van der Waals surface area contributed by atoms with Crippen molar-refractivity contribution in [2.75, 3.05) is 13.1 Å². The fourth-order valence-corrected chi connectivity index (χ4v) is 1.41. The Balaban J connectivity index is 3.84. The summed E-state index contributed by atoms with van der Waals surface area (Å²) in [4.78, 5) is 22.6. The van der Waals surface area contributed by atoms with Crippen LogP contribution in [0.3, 0.4) is 0 Å². The number of hydrogen-bond donors (Lipinski definition) is 2. The van der Waals surface area contributed by atoms with Crippen molar-refractivity contribution in [2.45, 2.75) is 33.1 Å². The molecule has 0 amide bonds. The topological polar surface area (TPSA) is 86.2 Å². The molecule has 4 N–H and O–H groups in total. The molecule has 0 aromatic rings. The van der Waals surface area contributed by atoms with Gasteiger partial charge >= 0.3 is 0 Å². The van der Waals surface area contributed by atoms with Crippen LogP contribution in [0, 0.1) is 11.8 Å². The van der Waals surface area contributed by atoms with Gasteiger partial charge in [-0.1, -0.05) is 13.8 Å². The van der Waals surface area contributed by atoms with E-state index in [0.717, 1.165) is 12.8 Å². The highest BCUT2D eigenvalue weighted by molar-refractivity contribution is 5.83. The molecule has 2 atom stereocenters. The zero-order valence-electron chi connectivity index (χ0n) is 9.66. The van der Waals surface area contributed by atoms with Crippen LogP contribution in [0.25, 0.3) is 0 Å². The summed E-state index contributed by atoms with van der Waals surface area (Å²) in [6.45, 7) is 4.24. The van der Waals surface area contributed by atoms with Crippen molar-refractivity contribution in [1.82, 2.24) is 0 Å². The molecule has 15 heavy (non-hydrogen) atoms. The zero-order chi connectivity index (χ0) is 11.8. The predicted molar refractivity (Wildman–Crippen MR) is 60.3 cm³/mol. The quantitative estimate of drug-likeness (QED) is 0.615. The van der Waals surface area contributed by atoms with E-state index in [9.17, 15) is 9.59 Å². The van der Waals surface area contributed by atoms with Gasteiger partial charge in [-0.25, -0.2) is 0 Å². The van der Waals surface area contributed by atoms with Gasteiger partial charge in [0.2, 0.25) is 0 Å².